The molecule has 11 heteroatoms. The summed E-state index contributed by atoms with van der Waals surface area (Å²) in [6.45, 7) is 11.0. The highest BCUT2D eigenvalue weighted by Crippen LogP contribution is 2.46. The number of rotatable bonds is 20. The first-order chi connectivity index (χ1) is 23.8. The molecule has 1 aliphatic rings. The van der Waals surface area contributed by atoms with Crippen LogP contribution in [0.1, 0.15) is 65.0 Å². The molecule has 4 atom stereocenters. The summed E-state index contributed by atoms with van der Waals surface area (Å²) < 4.78 is 35.0. The third-order valence-electron chi connectivity index (χ3n) is 8.83. The Morgan fingerprint density at radius 1 is 1.00 bits per heavy atom. The SMILES string of the molecule is CCCN(CCC)C(=O)C1([C@H](Cc2cc(F)cc(F)c2)[C@@H](O)CN[C@H](COCc2ccccc2)C(=O)NCC(C)C)C=C(C)C=C(C(N)=O)C1. The Kier molecular flexibility index (Phi) is 15.8. The first-order valence-corrected chi connectivity index (χ1v) is 17.5. The molecule has 50 heavy (non-hydrogen) atoms. The summed E-state index contributed by atoms with van der Waals surface area (Å²) in [5.74, 6) is -3.73. The molecule has 0 saturated heterocycles. The fourth-order valence-corrected chi connectivity index (χ4v) is 6.55. The summed E-state index contributed by atoms with van der Waals surface area (Å²) in [5.41, 5.74) is 6.26. The molecule has 0 spiro atoms. The van der Waals surface area contributed by atoms with E-state index in [1.807, 2.05) is 58.0 Å². The van der Waals surface area contributed by atoms with E-state index in [-0.39, 0.29) is 61.5 Å². The van der Waals surface area contributed by atoms with Crippen molar-refractivity contribution in [1.29, 1.82) is 0 Å². The van der Waals surface area contributed by atoms with E-state index in [0.717, 1.165) is 11.6 Å². The Hall–Kier alpha value is -3.93. The number of ether oxygens (including phenoxy) is 1. The summed E-state index contributed by atoms with van der Waals surface area (Å²) in [6, 6.07) is 11.8. The summed E-state index contributed by atoms with van der Waals surface area (Å²) in [6.07, 6.45) is 3.16. The van der Waals surface area contributed by atoms with Crippen LogP contribution in [0.25, 0.3) is 0 Å². The predicted octanol–water partition coefficient (Wildman–Crippen LogP) is 4.83. The lowest BCUT2D eigenvalue weighted by Crippen LogP contribution is -2.56. The summed E-state index contributed by atoms with van der Waals surface area (Å²) in [4.78, 5) is 42.5. The van der Waals surface area contributed by atoms with Crippen molar-refractivity contribution in [3.8, 4) is 0 Å². The van der Waals surface area contributed by atoms with Crippen molar-refractivity contribution in [3.05, 3.63) is 94.6 Å². The number of nitrogens with zero attached hydrogens (tertiary/aromatic N) is 1. The van der Waals surface area contributed by atoms with Gasteiger partial charge < -0.3 is 31.1 Å². The lowest BCUT2D eigenvalue weighted by molar-refractivity contribution is -0.145. The molecule has 0 saturated carbocycles. The van der Waals surface area contributed by atoms with Crippen LogP contribution in [0.15, 0.2) is 71.8 Å². The molecule has 0 heterocycles. The number of hydrogen-bond acceptors (Lipinski definition) is 6. The maximum absolute atomic E-state index is 14.8. The molecule has 2 aromatic rings. The predicted molar refractivity (Wildman–Crippen MR) is 191 cm³/mol. The number of amides is 3. The Balaban J connectivity index is 2.05. The van der Waals surface area contributed by atoms with E-state index in [2.05, 4.69) is 10.6 Å². The number of hydrogen-bond donors (Lipinski definition) is 4. The van der Waals surface area contributed by atoms with Crippen LogP contribution in [0, 0.1) is 28.9 Å². The van der Waals surface area contributed by atoms with Gasteiger partial charge in [-0.3, -0.25) is 14.4 Å². The van der Waals surface area contributed by atoms with Crippen LogP contribution in [0.5, 0.6) is 0 Å². The zero-order valence-electron chi connectivity index (χ0n) is 30.0. The smallest absolute Gasteiger partial charge is 0.244 e. The van der Waals surface area contributed by atoms with Crippen molar-refractivity contribution in [3.63, 3.8) is 0 Å². The molecule has 0 bridgehead atoms. The van der Waals surface area contributed by atoms with Gasteiger partial charge in [0.2, 0.25) is 17.7 Å². The number of carbonyl (C=O) groups is 3. The van der Waals surface area contributed by atoms with Gasteiger partial charge in [0.25, 0.3) is 0 Å². The second-order valence-corrected chi connectivity index (χ2v) is 13.7. The minimum Gasteiger partial charge on any atom is -0.391 e. The normalized spacial score (nSPS) is 17.8. The van der Waals surface area contributed by atoms with E-state index in [1.165, 1.54) is 12.1 Å². The minimum atomic E-state index is -1.50. The van der Waals surface area contributed by atoms with Crippen LogP contribution in [0.2, 0.25) is 0 Å². The number of allylic oxidation sites excluding steroid dienone is 2. The zero-order chi connectivity index (χ0) is 36.8. The number of aliphatic hydroxyl groups is 1. The number of carbonyl (C=O) groups excluding carboxylic acids is 3. The molecule has 3 amide bonds. The van der Waals surface area contributed by atoms with Gasteiger partial charge in [-0.15, -0.1) is 0 Å². The largest absolute Gasteiger partial charge is 0.391 e. The second kappa shape index (κ2) is 19.5. The first kappa shape index (κ1) is 40.5. The molecule has 0 fully saturated rings. The molecular weight excluding hydrogens is 642 g/mol. The van der Waals surface area contributed by atoms with Gasteiger partial charge in [0.15, 0.2) is 0 Å². The number of nitrogens with one attached hydrogen (secondary N) is 2. The molecule has 1 unspecified atom stereocenters. The lowest BCUT2D eigenvalue weighted by Gasteiger charge is -2.45. The lowest BCUT2D eigenvalue weighted by atomic mass is 9.63. The maximum atomic E-state index is 14.8. The maximum Gasteiger partial charge on any atom is 0.244 e. The van der Waals surface area contributed by atoms with Gasteiger partial charge in [-0.1, -0.05) is 75.8 Å². The third kappa shape index (κ3) is 11.6. The Labute approximate surface area is 295 Å². The molecule has 0 aliphatic heterocycles. The second-order valence-electron chi connectivity index (χ2n) is 13.7. The van der Waals surface area contributed by atoms with E-state index >= 15 is 0 Å². The molecule has 0 aromatic heterocycles. The average Bonchev–Trinajstić information content (AvgIpc) is 3.06. The molecule has 9 nitrogen and oxygen atoms in total. The van der Waals surface area contributed by atoms with Gasteiger partial charge in [-0.2, -0.15) is 0 Å². The number of benzene rings is 2. The van der Waals surface area contributed by atoms with Crippen molar-refractivity contribution in [2.75, 3.05) is 32.8 Å². The van der Waals surface area contributed by atoms with Crippen molar-refractivity contribution in [2.45, 2.75) is 79.1 Å². The highest BCUT2D eigenvalue weighted by atomic mass is 19.1. The van der Waals surface area contributed by atoms with Crippen LogP contribution in [-0.2, 0) is 32.1 Å². The van der Waals surface area contributed by atoms with Crippen LogP contribution in [0.4, 0.5) is 8.78 Å². The van der Waals surface area contributed by atoms with Crippen LogP contribution < -0.4 is 16.4 Å². The first-order valence-electron chi connectivity index (χ1n) is 17.5. The van der Waals surface area contributed by atoms with Crippen LogP contribution >= 0.6 is 0 Å². The van der Waals surface area contributed by atoms with Crippen molar-refractivity contribution < 1.29 is 33.0 Å². The molecule has 274 valence electrons. The molecule has 1 aliphatic carbocycles. The standard InChI is InChI=1S/C39H54F2N4O5/c1-6-13-45(14-7-2)38(49)39(20-27(5)15-30(21-39)36(42)47)33(18-29-16-31(40)19-32(41)17-29)35(46)23-43-34(37(48)44-22-26(3)4)25-50-24-28-11-9-8-10-12-28/h8-12,15-17,19-20,26,33-35,43,46H,6-7,13-14,18,21-25H2,1-5H3,(H2,42,47)(H,44,48)/t33-,34-,35+,39?/m1/s1. The fourth-order valence-electron chi connectivity index (χ4n) is 6.55. The van der Waals surface area contributed by atoms with Gasteiger partial charge in [-0.25, -0.2) is 8.78 Å². The van der Waals surface area contributed by atoms with E-state index in [0.29, 0.717) is 38.0 Å². The van der Waals surface area contributed by atoms with E-state index in [9.17, 15) is 28.3 Å². The van der Waals surface area contributed by atoms with E-state index < -0.39 is 41.0 Å². The van der Waals surface area contributed by atoms with Crippen molar-refractivity contribution in [1.82, 2.24) is 15.5 Å². The van der Waals surface area contributed by atoms with E-state index in [1.54, 1.807) is 24.0 Å². The summed E-state index contributed by atoms with van der Waals surface area (Å²) in [7, 11) is 0. The number of aliphatic hydroxyl groups excluding tert-OH is 1. The minimum absolute atomic E-state index is 0.0102. The average molecular weight is 697 g/mol. The fraction of sp³-hybridized carbons (Fsp3) is 0.513. The molecule has 2 aromatic carbocycles. The monoisotopic (exact) mass is 696 g/mol. The van der Waals surface area contributed by atoms with Crippen LogP contribution in [-0.4, -0.2) is 72.7 Å². The molecule has 5 N–H and O–H groups in total. The molecule has 3 rings (SSSR count). The zero-order valence-corrected chi connectivity index (χ0v) is 30.0. The van der Waals surface area contributed by atoms with Gasteiger partial charge in [0.05, 0.1) is 24.7 Å². The highest BCUT2D eigenvalue weighted by Gasteiger charge is 2.50. The van der Waals surface area contributed by atoms with Gasteiger partial charge >= 0.3 is 0 Å². The summed E-state index contributed by atoms with van der Waals surface area (Å²) in [5, 5.41) is 18.2. The summed E-state index contributed by atoms with van der Waals surface area (Å²) >= 11 is 0. The van der Waals surface area contributed by atoms with Crippen LogP contribution in [0.3, 0.4) is 0 Å². The Morgan fingerprint density at radius 2 is 1.64 bits per heavy atom. The van der Waals surface area contributed by atoms with Crippen molar-refractivity contribution >= 4 is 17.7 Å². The third-order valence-corrected chi connectivity index (χ3v) is 8.83. The number of primary amides is 1. The van der Waals surface area contributed by atoms with Gasteiger partial charge in [0.1, 0.15) is 17.7 Å². The number of halogens is 2. The van der Waals surface area contributed by atoms with Crippen molar-refractivity contribution in [2.24, 2.45) is 23.0 Å². The van der Waals surface area contributed by atoms with Gasteiger partial charge in [0, 0.05) is 43.7 Å². The van der Waals surface area contributed by atoms with Gasteiger partial charge in [-0.05, 0) is 61.8 Å². The quantitative estimate of drug-likeness (QED) is 0.157. The number of nitrogens with two attached hydrogens (primary N) is 1. The Bertz CT molecular complexity index is 1470. The van der Waals surface area contributed by atoms with E-state index in [4.69, 9.17) is 10.5 Å². The molecular formula is C39H54F2N4O5. The molecule has 0 radical (unpaired) electrons. The highest BCUT2D eigenvalue weighted by molar-refractivity contribution is 5.96. The topological polar surface area (TPSA) is 134 Å². The Morgan fingerprint density at radius 3 is 2.22 bits per heavy atom.